The van der Waals surface area contributed by atoms with Gasteiger partial charge in [-0.05, 0) is 18.2 Å². The van der Waals surface area contributed by atoms with E-state index in [9.17, 15) is 9.59 Å². The highest BCUT2D eigenvalue weighted by atomic mass is 79.9. The van der Waals surface area contributed by atoms with Crippen LogP contribution in [0.3, 0.4) is 0 Å². The summed E-state index contributed by atoms with van der Waals surface area (Å²) in [5.41, 5.74) is 4.80. The topological polar surface area (TPSA) is 78.6 Å². The zero-order valence-corrected chi connectivity index (χ0v) is 9.90. The fraction of sp³-hybridized carbons (Fsp3) is 0.200. The van der Waals surface area contributed by atoms with E-state index in [1.165, 1.54) is 0 Å². The zero-order chi connectivity index (χ0) is 12.0. The monoisotopic (exact) mass is 287 g/mol. The Morgan fingerprint density at radius 3 is 2.69 bits per heavy atom. The molecule has 0 saturated heterocycles. The van der Waals surface area contributed by atoms with Gasteiger partial charge in [-0.25, -0.2) is 4.79 Å². The smallest absolute Gasteiger partial charge is 0.344 e. The molecule has 16 heavy (non-hydrogen) atoms. The van der Waals surface area contributed by atoms with E-state index >= 15 is 0 Å². The number of halogens is 1. The largest absolute Gasteiger partial charge is 0.482 e. The molecule has 0 heterocycles. The summed E-state index contributed by atoms with van der Waals surface area (Å²) in [4.78, 5) is 21.4. The Kier molecular flexibility index (Phi) is 4.78. The van der Waals surface area contributed by atoms with E-state index in [0.29, 0.717) is 5.75 Å². The minimum atomic E-state index is -0.698. The summed E-state index contributed by atoms with van der Waals surface area (Å²) >= 11 is 3.26. The van der Waals surface area contributed by atoms with Crippen LogP contribution in [0.4, 0.5) is 0 Å². The molecule has 0 saturated carbocycles. The molecule has 86 valence electrons. The fourth-order valence-corrected chi connectivity index (χ4v) is 1.27. The lowest BCUT2D eigenvalue weighted by Gasteiger charge is -2.05. The first kappa shape index (κ1) is 12.5. The number of hydrogen-bond acceptors (Lipinski definition) is 4. The molecular weight excluding hydrogens is 278 g/mol. The molecule has 0 aliphatic carbocycles. The molecule has 0 fully saturated rings. The summed E-state index contributed by atoms with van der Waals surface area (Å²) < 4.78 is 10.5. The van der Waals surface area contributed by atoms with Crippen molar-refractivity contribution in [2.45, 2.75) is 0 Å². The van der Waals surface area contributed by atoms with E-state index in [-0.39, 0.29) is 6.61 Å². The highest BCUT2D eigenvalue weighted by Gasteiger charge is 2.05. The van der Waals surface area contributed by atoms with Crippen molar-refractivity contribution in [2.75, 3.05) is 13.2 Å². The van der Waals surface area contributed by atoms with Crippen molar-refractivity contribution < 1.29 is 19.1 Å². The summed E-state index contributed by atoms with van der Waals surface area (Å²) in [6.45, 7) is -0.690. The van der Waals surface area contributed by atoms with Crippen LogP contribution >= 0.6 is 15.9 Å². The second-order valence-electron chi connectivity index (χ2n) is 2.87. The van der Waals surface area contributed by atoms with Crippen LogP contribution in [0.2, 0.25) is 0 Å². The Morgan fingerprint density at radius 1 is 1.31 bits per heavy atom. The number of esters is 1. The normalized spacial score (nSPS) is 9.56. The molecule has 0 spiro atoms. The van der Waals surface area contributed by atoms with Crippen molar-refractivity contribution in [2.24, 2.45) is 5.73 Å². The third-order valence-electron chi connectivity index (χ3n) is 1.53. The number of carbonyl (C=O) groups is 2. The minimum absolute atomic E-state index is 0.260. The third kappa shape index (κ3) is 4.79. The SMILES string of the molecule is NC(=O)COC(=O)COc1cccc(Br)c1. The summed E-state index contributed by atoms with van der Waals surface area (Å²) in [6.07, 6.45) is 0. The van der Waals surface area contributed by atoms with Gasteiger partial charge in [0.2, 0.25) is 0 Å². The molecule has 0 unspecified atom stereocenters. The highest BCUT2D eigenvalue weighted by Crippen LogP contribution is 2.17. The molecule has 1 aromatic rings. The van der Waals surface area contributed by atoms with Crippen molar-refractivity contribution in [3.63, 3.8) is 0 Å². The lowest BCUT2D eigenvalue weighted by molar-refractivity contribution is -0.149. The van der Waals surface area contributed by atoms with E-state index in [2.05, 4.69) is 20.7 Å². The predicted molar refractivity (Wildman–Crippen MR) is 59.8 cm³/mol. The van der Waals surface area contributed by atoms with Crippen LogP contribution in [0.25, 0.3) is 0 Å². The van der Waals surface area contributed by atoms with Crippen LogP contribution in [-0.4, -0.2) is 25.1 Å². The van der Waals surface area contributed by atoms with Gasteiger partial charge in [0.05, 0.1) is 0 Å². The van der Waals surface area contributed by atoms with Crippen LogP contribution in [0.5, 0.6) is 5.75 Å². The standard InChI is InChI=1S/C10H10BrNO4/c11-7-2-1-3-8(4-7)15-6-10(14)16-5-9(12)13/h1-4H,5-6H2,(H2,12,13). The van der Waals surface area contributed by atoms with Crippen LogP contribution < -0.4 is 10.5 Å². The summed E-state index contributed by atoms with van der Waals surface area (Å²) in [5, 5.41) is 0. The molecule has 0 aliphatic rings. The number of nitrogens with two attached hydrogens (primary N) is 1. The minimum Gasteiger partial charge on any atom is -0.482 e. The van der Waals surface area contributed by atoms with Crippen molar-refractivity contribution in [3.8, 4) is 5.75 Å². The number of amides is 1. The number of benzene rings is 1. The van der Waals surface area contributed by atoms with Crippen LogP contribution in [0.15, 0.2) is 28.7 Å². The molecule has 2 N–H and O–H groups in total. The molecule has 1 rings (SSSR count). The molecule has 0 aromatic heterocycles. The third-order valence-corrected chi connectivity index (χ3v) is 2.02. The van der Waals surface area contributed by atoms with Gasteiger partial charge in [-0.15, -0.1) is 0 Å². The van der Waals surface area contributed by atoms with Crippen molar-refractivity contribution in [3.05, 3.63) is 28.7 Å². The highest BCUT2D eigenvalue weighted by molar-refractivity contribution is 9.10. The zero-order valence-electron chi connectivity index (χ0n) is 8.31. The second kappa shape index (κ2) is 6.12. The van der Waals surface area contributed by atoms with Gasteiger partial charge < -0.3 is 15.2 Å². The number of ether oxygens (including phenoxy) is 2. The maximum absolute atomic E-state index is 11.0. The number of rotatable bonds is 5. The van der Waals surface area contributed by atoms with Gasteiger partial charge in [-0.3, -0.25) is 4.79 Å². The maximum Gasteiger partial charge on any atom is 0.344 e. The van der Waals surface area contributed by atoms with Crippen LogP contribution in [-0.2, 0) is 14.3 Å². The first-order chi connectivity index (χ1) is 7.58. The van der Waals surface area contributed by atoms with Gasteiger partial charge in [0.1, 0.15) is 5.75 Å². The first-order valence-electron chi connectivity index (χ1n) is 4.40. The van der Waals surface area contributed by atoms with E-state index in [4.69, 9.17) is 10.5 Å². The number of primary amides is 1. The Balaban J connectivity index is 2.34. The van der Waals surface area contributed by atoms with E-state index in [1.807, 2.05) is 6.07 Å². The van der Waals surface area contributed by atoms with Gasteiger partial charge in [-0.1, -0.05) is 22.0 Å². The predicted octanol–water partition coefficient (Wildman–Crippen LogP) is 0.856. The average Bonchev–Trinajstić information content (AvgIpc) is 2.23. The van der Waals surface area contributed by atoms with Gasteiger partial charge in [-0.2, -0.15) is 0 Å². The second-order valence-corrected chi connectivity index (χ2v) is 3.79. The molecule has 1 aromatic carbocycles. The van der Waals surface area contributed by atoms with Crippen molar-refractivity contribution >= 4 is 27.8 Å². The molecule has 6 heteroatoms. The van der Waals surface area contributed by atoms with Crippen molar-refractivity contribution in [1.82, 2.24) is 0 Å². The molecular formula is C10H10BrNO4. The number of hydrogen-bond donors (Lipinski definition) is 1. The summed E-state index contributed by atoms with van der Waals surface area (Å²) in [5.74, 6) is -0.806. The van der Waals surface area contributed by atoms with Gasteiger partial charge >= 0.3 is 5.97 Å². The Bertz CT molecular complexity index is 394. The van der Waals surface area contributed by atoms with Gasteiger partial charge in [0.25, 0.3) is 5.91 Å². The fourth-order valence-electron chi connectivity index (χ4n) is 0.892. The summed E-state index contributed by atoms with van der Waals surface area (Å²) in [7, 11) is 0. The molecule has 1 amide bonds. The van der Waals surface area contributed by atoms with Crippen LogP contribution in [0.1, 0.15) is 0 Å². The average molecular weight is 288 g/mol. The van der Waals surface area contributed by atoms with E-state index in [0.717, 1.165) is 4.47 Å². The molecule has 0 bridgehead atoms. The summed E-state index contributed by atoms with van der Waals surface area (Å²) in [6, 6.07) is 7.01. The Morgan fingerprint density at radius 2 is 2.06 bits per heavy atom. The molecule has 0 radical (unpaired) electrons. The van der Waals surface area contributed by atoms with Crippen molar-refractivity contribution in [1.29, 1.82) is 0 Å². The Hall–Kier alpha value is -1.56. The molecule has 0 atom stereocenters. The maximum atomic E-state index is 11.0. The molecule has 5 nitrogen and oxygen atoms in total. The van der Waals surface area contributed by atoms with Crippen LogP contribution in [0, 0.1) is 0 Å². The van der Waals surface area contributed by atoms with E-state index in [1.54, 1.807) is 18.2 Å². The first-order valence-corrected chi connectivity index (χ1v) is 5.19. The van der Waals surface area contributed by atoms with Gasteiger partial charge in [0.15, 0.2) is 13.2 Å². The molecule has 0 aliphatic heterocycles. The lowest BCUT2D eigenvalue weighted by atomic mass is 10.3. The number of carbonyl (C=O) groups excluding carboxylic acids is 2. The quantitative estimate of drug-likeness (QED) is 0.815. The lowest BCUT2D eigenvalue weighted by Crippen LogP contribution is -2.23. The Labute approximate surface area is 101 Å². The van der Waals surface area contributed by atoms with Gasteiger partial charge in [0, 0.05) is 4.47 Å². The van der Waals surface area contributed by atoms with E-state index < -0.39 is 18.5 Å².